The molecule has 0 aliphatic heterocycles. The Morgan fingerprint density at radius 2 is 1.60 bits per heavy atom. The molecule has 0 spiro atoms. The van der Waals surface area contributed by atoms with Gasteiger partial charge < -0.3 is 9.47 Å². The van der Waals surface area contributed by atoms with Crippen LogP contribution in [0.2, 0.25) is 0 Å². The maximum absolute atomic E-state index is 12.9. The first-order chi connectivity index (χ1) is 11.9. The first-order valence-corrected chi connectivity index (χ1v) is 8.68. The fourth-order valence-corrected chi connectivity index (χ4v) is 3.20. The zero-order valence-corrected chi connectivity index (χ0v) is 14.8. The molecule has 0 amide bonds. The highest BCUT2D eigenvalue weighted by Gasteiger charge is 2.24. The van der Waals surface area contributed by atoms with Crippen molar-refractivity contribution in [3.63, 3.8) is 0 Å². The Labute approximate surface area is 147 Å². The van der Waals surface area contributed by atoms with Crippen molar-refractivity contribution < 1.29 is 22.7 Å². The minimum atomic E-state index is -3.98. The second kappa shape index (κ2) is 7.73. The average Bonchev–Trinajstić information content (AvgIpc) is 2.62. The van der Waals surface area contributed by atoms with Gasteiger partial charge in [-0.15, -0.1) is 0 Å². The van der Waals surface area contributed by atoms with Gasteiger partial charge in [0.2, 0.25) is 0 Å². The number of hydrogen-bond acceptors (Lipinski definition) is 5. The lowest BCUT2D eigenvalue weighted by molar-refractivity contribution is -0.133. The third kappa shape index (κ3) is 4.31. The van der Waals surface area contributed by atoms with E-state index in [1.54, 1.807) is 24.3 Å². The van der Waals surface area contributed by atoms with Crippen molar-refractivity contribution in [1.29, 1.82) is 0 Å². The Morgan fingerprint density at radius 3 is 2.12 bits per heavy atom. The molecule has 0 saturated carbocycles. The van der Waals surface area contributed by atoms with Gasteiger partial charge in [-0.25, -0.2) is 13.2 Å². The molecule has 0 N–H and O–H groups in total. The monoisotopic (exact) mass is 359 g/mol. The summed E-state index contributed by atoms with van der Waals surface area (Å²) in [4.78, 5) is 11.4. The fourth-order valence-electron chi connectivity index (χ4n) is 1.94. The van der Waals surface area contributed by atoms with E-state index in [1.165, 1.54) is 38.5 Å². The van der Waals surface area contributed by atoms with E-state index in [0.29, 0.717) is 5.75 Å². The van der Waals surface area contributed by atoms with E-state index in [9.17, 15) is 13.2 Å². The summed E-state index contributed by atoms with van der Waals surface area (Å²) in [6, 6.07) is 15.0. The van der Waals surface area contributed by atoms with Crippen LogP contribution in [0.1, 0.15) is 5.56 Å². The molecular weight excluding hydrogens is 342 g/mol. The third-order valence-electron chi connectivity index (χ3n) is 3.31. The number of carbonyl (C=O) groups excluding carboxylic acids is 1. The number of ether oxygens (including phenoxy) is 2. The molecule has 0 radical (unpaired) electrons. The van der Waals surface area contributed by atoms with Crippen LogP contribution in [0.25, 0.3) is 0 Å². The number of nitrogens with zero attached hydrogens (tertiary/aromatic N) is 1. The van der Waals surface area contributed by atoms with Gasteiger partial charge in [0, 0.05) is 12.0 Å². The molecular formula is C18H17NO5S. The van der Waals surface area contributed by atoms with E-state index in [1.807, 2.05) is 6.92 Å². The second-order valence-electron chi connectivity index (χ2n) is 5.01. The maximum atomic E-state index is 12.9. The van der Waals surface area contributed by atoms with Gasteiger partial charge in [-0.2, -0.15) is 4.31 Å². The predicted octanol–water partition coefficient (Wildman–Crippen LogP) is 2.33. The summed E-state index contributed by atoms with van der Waals surface area (Å²) in [5.74, 6) is 1.88. The van der Waals surface area contributed by atoms with E-state index >= 15 is 0 Å². The summed E-state index contributed by atoms with van der Waals surface area (Å²) in [5, 5.41) is 0. The first-order valence-electron chi connectivity index (χ1n) is 7.24. The molecule has 0 saturated heterocycles. The third-order valence-corrected chi connectivity index (χ3v) is 4.96. The molecule has 2 aromatic rings. The van der Waals surface area contributed by atoms with E-state index in [4.69, 9.17) is 4.74 Å². The Morgan fingerprint density at radius 1 is 1.00 bits per heavy atom. The zero-order chi connectivity index (χ0) is 18.4. The van der Waals surface area contributed by atoms with Gasteiger partial charge >= 0.3 is 5.97 Å². The number of sulfonamides is 1. The van der Waals surface area contributed by atoms with Crippen LogP contribution >= 0.6 is 0 Å². The first kappa shape index (κ1) is 18.4. The van der Waals surface area contributed by atoms with Gasteiger partial charge in [-0.1, -0.05) is 17.7 Å². The summed E-state index contributed by atoms with van der Waals surface area (Å²) in [6.07, 6.45) is 0. The van der Waals surface area contributed by atoms with Crippen LogP contribution in [0.5, 0.6) is 5.75 Å². The predicted molar refractivity (Wildman–Crippen MR) is 93.6 cm³/mol. The van der Waals surface area contributed by atoms with Crippen LogP contribution in [-0.2, 0) is 19.6 Å². The Bertz CT molecular complexity index is 907. The SMILES string of the molecule is COC(=O)C#CN(c1ccc(OC)cc1)S(=O)(=O)c1ccc(C)cc1. The smallest absolute Gasteiger partial charge is 0.385 e. The van der Waals surface area contributed by atoms with E-state index in [0.717, 1.165) is 9.87 Å². The highest BCUT2D eigenvalue weighted by molar-refractivity contribution is 7.93. The molecule has 6 nitrogen and oxygen atoms in total. The number of anilines is 1. The molecule has 130 valence electrons. The number of benzene rings is 2. The quantitative estimate of drug-likeness (QED) is 0.476. The van der Waals surface area contributed by atoms with Gasteiger partial charge in [-0.05, 0) is 43.3 Å². The Hall–Kier alpha value is -2.98. The van der Waals surface area contributed by atoms with Crippen molar-refractivity contribution in [2.24, 2.45) is 0 Å². The number of aryl methyl sites for hydroxylation is 1. The standard InChI is InChI=1S/C18H17NO5S/c1-14-4-10-17(11-5-14)25(21,22)19(13-12-18(20)24-3)15-6-8-16(23-2)9-7-15/h4-11H,1-3H3. The molecule has 0 atom stereocenters. The second-order valence-corrected chi connectivity index (χ2v) is 6.80. The maximum Gasteiger partial charge on any atom is 0.385 e. The van der Waals surface area contributed by atoms with Crippen molar-refractivity contribution in [3.05, 3.63) is 54.1 Å². The molecule has 2 aromatic carbocycles. The molecule has 7 heteroatoms. The van der Waals surface area contributed by atoms with Crippen molar-refractivity contribution in [3.8, 4) is 17.7 Å². The van der Waals surface area contributed by atoms with Crippen molar-refractivity contribution in [1.82, 2.24) is 0 Å². The van der Waals surface area contributed by atoms with Crippen molar-refractivity contribution in [2.75, 3.05) is 18.5 Å². The van der Waals surface area contributed by atoms with E-state index < -0.39 is 16.0 Å². The number of methoxy groups -OCH3 is 2. The van der Waals surface area contributed by atoms with Crippen LogP contribution in [0, 0.1) is 18.9 Å². The molecule has 0 heterocycles. The molecule has 0 aliphatic carbocycles. The Kier molecular flexibility index (Phi) is 5.67. The van der Waals surface area contributed by atoms with Crippen LogP contribution in [0.4, 0.5) is 5.69 Å². The lowest BCUT2D eigenvalue weighted by Crippen LogP contribution is -2.26. The minimum Gasteiger partial charge on any atom is -0.497 e. The number of hydrogen-bond donors (Lipinski definition) is 0. The topological polar surface area (TPSA) is 72.9 Å². The summed E-state index contributed by atoms with van der Waals surface area (Å²) in [6.45, 7) is 1.86. The van der Waals surface area contributed by atoms with Crippen LogP contribution < -0.4 is 9.04 Å². The fraction of sp³-hybridized carbons (Fsp3) is 0.167. The summed E-state index contributed by atoms with van der Waals surface area (Å²) < 4.78 is 36.2. The zero-order valence-electron chi connectivity index (χ0n) is 14.0. The Balaban J connectivity index is 2.54. The molecule has 0 unspecified atom stereocenters. The van der Waals surface area contributed by atoms with Crippen LogP contribution in [-0.4, -0.2) is 28.6 Å². The molecule has 0 bridgehead atoms. The van der Waals surface area contributed by atoms with Gasteiger partial charge in [0.1, 0.15) is 5.75 Å². The molecule has 0 fully saturated rings. The van der Waals surface area contributed by atoms with Crippen molar-refractivity contribution >= 4 is 21.7 Å². The van der Waals surface area contributed by atoms with Gasteiger partial charge in [0.15, 0.2) is 0 Å². The number of esters is 1. The summed E-state index contributed by atoms with van der Waals surface area (Å²) >= 11 is 0. The van der Waals surface area contributed by atoms with E-state index in [-0.39, 0.29) is 10.6 Å². The molecule has 0 aliphatic rings. The molecule has 2 rings (SSSR count). The summed E-state index contributed by atoms with van der Waals surface area (Å²) in [5.41, 5.74) is 1.20. The van der Waals surface area contributed by atoms with E-state index in [2.05, 4.69) is 16.7 Å². The number of rotatable bonds is 4. The van der Waals surface area contributed by atoms with Gasteiger partial charge in [-0.3, -0.25) is 0 Å². The molecule has 0 aromatic heterocycles. The highest BCUT2D eigenvalue weighted by Crippen LogP contribution is 2.25. The average molecular weight is 359 g/mol. The highest BCUT2D eigenvalue weighted by atomic mass is 32.2. The largest absolute Gasteiger partial charge is 0.497 e. The minimum absolute atomic E-state index is 0.0630. The lowest BCUT2D eigenvalue weighted by atomic mass is 10.2. The van der Waals surface area contributed by atoms with Gasteiger partial charge in [0.25, 0.3) is 10.0 Å². The van der Waals surface area contributed by atoms with Crippen LogP contribution in [0.15, 0.2) is 53.4 Å². The van der Waals surface area contributed by atoms with Crippen LogP contribution in [0.3, 0.4) is 0 Å². The normalized spacial score (nSPS) is 10.4. The van der Waals surface area contributed by atoms with Crippen molar-refractivity contribution in [2.45, 2.75) is 11.8 Å². The lowest BCUT2D eigenvalue weighted by Gasteiger charge is -2.18. The molecule has 25 heavy (non-hydrogen) atoms. The van der Waals surface area contributed by atoms with Gasteiger partial charge in [0.05, 0.1) is 24.8 Å². The number of carbonyl (C=O) groups is 1. The summed E-state index contributed by atoms with van der Waals surface area (Å²) in [7, 11) is -1.31.